The van der Waals surface area contributed by atoms with Gasteiger partial charge in [0.25, 0.3) is 0 Å². The summed E-state index contributed by atoms with van der Waals surface area (Å²) in [4.78, 5) is 22.5. The highest BCUT2D eigenvalue weighted by Crippen LogP contribution is 2.14. The zero-order valence-corrected chi connectivity index (χ0v) is 11.3. The lowest BCUT2D eigenvalue weighted by Gasteiger charge is -2.11. The largest absolute Gasteiger partial charge is 0.300 e. The molecule has 0 N–H and O–H groups in total. The van der Waals surface area contributed by atoms with Crippen molar-refractivity contribution in [3.8, 4) is 0 Å². The molecule has 0 heterocycles. The molecule has 98 valence electrons. The smallest absolute Gasteiger partial charge is 0.242 e. The van der Waals surface area contributed by atoms with Crippen molar-refractivity contribution >= 4 is 21.6 Å². The summed E-state index contributed by atoms with van der Waals surface area (Å²) in [7, 11) is -0.618. The molecular weight excluding hydrogens is 254 g/mol. The standard InChI is InChI=1S/C12H15NO4S/c1-9(14)8-12(15)10-4-6-11(7-5-10)18(16,17)13(2)3/h4-7H,8H2,1-3H3. The Balaban J connectivity index is 3.01. The van der Waals surface area contributed by atoms with Crippen molar-refractivity contribution < 1.29 is 18.0 Å². The zero-order valence-electron chi connectivity index (χ0n) is 10.5. The Kier molecular flexibility index (Phi) is 4.37. The molecule has 0 saturated heterocycles. The Morgan fingerprint density at radius 2 is 1.61 bits per heavy atom. The number of ketones is 2. The van der Waals surface area contributed by atoms with Crippen LogP contribution in [-0.2, 0) is 14.8 Å². The van der Waals surface area contributed by atoms with Gasteiger partial charge in [0.05, 0.1) is 11.3 Å². The molecule has 0 unspecified atom stereocenters. The van der Waals surface area contributed by atoms with Crippen LogP contribution in [0.15, 0.2) is 29.2 Å². The highest BCUT2D eigenvalue weighted by atomic mass is 32.2. The third kappa shape index (κ3) is 3.24. The van der Waals surface area contributed by atoms with Gasteiger partial charge in [-0.2, -0.15) is 0 Å². The quantitative estimate of drug-likeness (QED) is 0.592. The molecular formula is C12H15NO4S. The van der Waals surface area contributed by atoms with Crippen LogP contribution in [0.25, 0.3) is 0 Å². The summed E-state index contributed by atoms with van der Waals surface area (Å²) in [6, 6.07) is 5.56. The fraction of sp³-hybridized carbons (Fsp3) is 0.333. The van der Waals surface area contributed by atoms with Crippen LogP contribution in [0.4, 0.5) is 0 Å². The van der Waals surface area contributed by atoms with Crippen LogP contribution in [0.3, 0.4) is 0 Å². The molecule has 0 amide bonds. The number of nitrogens with zero attached hydrogens (tertiary/aromatic N) is 1. The molecule has 5 nitrogen and oxygen atoms in total. The molecule has 0 radical (unpaired) electrons. The van der Waals surface area contributed by atoms with E-state index in [4.69, 9.17) is 0 Å². The molecule has 0 saturated carbocycles. The maximum atomic E-state index is 11.8. The van der Waals surface area contributed by atoms with Crippen LogP contribution in [0, 0.1) is 0 Å². The van der Waals surface area contributed by atoms with E-state index < -0.39 is 10.0 Å². The summed E-state index contributed by atoms with van der Waals surface area (Å²) in [5.41, 5.74) is 0.336. The second-order valence-corrected chi connectivity index (χ2v) is 6.27. The van der Waals surface area contributed by atoms with E-state index in [1.807, 2.05) is 0 Å². The molecule has 0 aromatic heterocycles. The molecule has 1 rings (SSSR count). The van der Waals surface area contributed by atoms with Crippen LogP contribution >= 0.6 is 0 Å². The molecule has 1 aromatic carbocycles. The topological polar surface area (TPSA) is 71.5 Å². The minimum absolute atomic E-state index is 0.117. The van der Waals surface area contributed by atoms with E-state index in [0.29, 0.717) is 5.56 Å². The van der Waals surface area contributed by atoms with Gasteiger partial charge in [-0.05, 0) is 19.1 Å². The average Bonchev–Trinajstić information content (AvgIpc) is 2.28. The summed E-state index contributed by atoms with van der Waals surface area (Å²) in [6.07, 6.45) is -0.167. The number of carbonyl (C=O) groups is 2. The first-order valence-electron chi connectivity index (χ1n) is 5.30. The normalized spacial score (nSPS) is 11.6. The van der Waals surface area contributed by atoms with Gasteiger partial charge in [-0.3, -0.25) is 9.59 Å². The third-order valence-corrected chi connectivity index (χ3v) is 4.19. The molecule has 18 heavy (non-hydrogen) atoms. The second-order valence-electron chi connectivity index (χ2n) is 4.11. The van der Waals surface area contributed by atoms with Crippen molar-refractivity contribution in [3.63, 3.8) is 0 Å². The van der Waals surface area contributed by atoms with Crippen LogP contribution in [-0.4, -0.2) is 38.4 Å². The van der Waals surface area contributed by atoms with Crippen LogP contribution < -0.4 is 0 Å². The average molecular weight is 269 g/mol. The summed E-state index contributed by atoms with van der Waals surface area (Å²) in [6.45, 7) is 1.34. The second kappa shape index (κ2) is 5.41. The molecule has 0 bridgehead atoms. The van der Waals surface area contributed by atoms with Gasteiger partial charge in [0.2, 0.25) is 10.0 Å². The predicted molar refractivity (Wildman–Crippen MR) is 66.9 cm³/mol. The zero-order chi connectivity index (χ0) is 13.9. The highest BCUT2D eigenvalue weighted by molar-refractivity contribution is 7.89. The Labute approximate surface area is 106 Å². The number of benzene rings is 1. The van der Waals surface area contributed by atoms with E-state index in [0.717, 1.165) is 4.31 Å². The van der Waals surface area contributed by atoms with E-state index in [-0.39, 0.29) is 22.9 Å². The van der Waals surface area contributed by atoms with Crippen molar-refractivity contribution in [2.45, 2.75) is 18.2 Å². The van der Waals surface area contributed by atoms with E-state index in [2.05, 4.69) is 0 Å². The fourth-order valence-corrected chi connectivity index (χ4v) is 2.25. The minimum Gasteiger partial charge on any atom is -0.300 e. The van der Waals surface area contributed by atoms with Crippen LogP contribution in [0.2, 0.25) is 0 Å². The van der Waals surface area contributed by atoms with Gasteiger partial charge in [-0.25, -0.2) is 12.7 Å². The Bertz CT molecular complexity index is 558. The van der Waals surface area contributed by atoms with Crippen molar-refractivity contribution in [1.82, 2.24) is 4.31 Å². The van der Waals surface area contributed by atoms with Crippen molar-refractivity contribution in [2.75, 3.05) is 14.1 Å². The van der Waals surface area contributed by atoms with E-state index >= 15 is 0 Å². The molecule has 0 aliphatic heterocycles. The van der Waals surface area contributed by atoms with Gasteiger partial charge in [-0.1, -0.05) is 12.1 Å². The van der Waals surface area contributed by atoms with Gasteiger partial charge >= 0.3 is 0 Å². The fourth-order valence-electron chi connectivity index (χ4n) is 1.35. The first-order chi connectivity index (χ1) is 8.25. The number of hydrogen-bond donors (Lipinski definition) is 0. The lowest BCUT2D eigenvalue weighted by atomic mass is 10.1. The first-order valence-corrected chi connectivity index (χ1v) is 6.74. The molecule has 0 aliphatic carbocycles. The lowest BCUT2D eigenvalue weighted by molar-refractivity contribution is -0.116. The monoisotopic (exact) mass is 269 g/mol. The first kappa shape index (κ1) is 14.5. The summed E-state index contributed by atoms with van der Waals surface area (Å²) in [5, 5.41) is 0. The maximum Gasteiger partial charge on any atom is 0.242 e. The van der Waals surface area contributed by atoms with Crippen molar-refractivity contribution in [1.29, 1.82) is 0 Å². The molecule has 0 spiro atoms. The van der Waals surface area contributed by atoms with Gasteiger partial charge < -0.3 is 0 Å². The molecule has 0 fully saturated rings. The van der Waals surface area contributed by atoms with Crippen molar-refractivity contribution in [3.05, 3.63) is 29.8 Å². The molecule has 6 heteroatoms. The lowest BCUT2D eigenvalue weighted by Crippen LogP contribution is -2.22. The number of hydrogen-bond acceptors (Lipinski definition) is 4. The molecule has 0 atom stereocenters. The highest BCUT2D eigenvalue weighted by Gasteiger charge is 2.17. The number of rotatable bonds is 5. The summed E-state index contributed by atoms with van der Waals surface area (Å²) >= 11 is 0. The maximum absolute atomic E-state index is 11.8. The Morgan fingerprint density at radius 3 is 2.00 bits per heavy atom. The van der Waals surface area contributed by atoms with E-state index in [1.54, 1.807) is 0 Å². The predicted octanol–water partition coefficient (Wildman–Crippen LogP) is 1.10. The number of Topliss-reactive ketones (excluding diaryl/α,β-unsaturated/α-hetero) is 2. The number of sulfonamides is 1. The summed E-state index contributed by atoms with van der Waals surface area (Å²) < 4.78 is 24.7. The molecule has 0 aliphatic rings. The van der Waals surface area contributed by atoms with Gasteiger partial charge in [-0.15, -0.1) is 0 Å². The van der Waals surface area contributed by atoms with Gasteiger partial charge in [0.1, 0.15) is 5.78 Å². The molecule has 1 aromatic rings. The van der Waals surface area contributed by atoms with Crippen molar-refractivity contribution in [2.24, 2.45) is 0 Å². The van der Waals surface area contributed by atoms with Crippen LogP contribution in [0.5, 0.6) is 0 Å². The Morgan fingerprint density at radius 1 is 1.11 bits per heavy atom. The summed E-state index contributed by atoms with van der Waals surface area (Å²) in [5.74, 6) is -0.527. The van der Waals surface area contributed by atoms with Gasteiger partial charge in [0, 0.05) is 19.7 Å². The number of carbonyl (C=O) groups excluding carboxylic acids is 2. The van der Waals surface area contributed by atoms with Crippen LogP contribution in [0.1, 0.15) is 23.7 Å². The minimum atomic E-state index is -3.49. The Hall–Kier alpha value is -1.53. The van der Waals surface area contributed by atoms with E-state index in [9.17, 15) is 18.0 Å². The van der Waals surface area contributed by atoms with Gasteiger partial charge in [0.15, 0.2) is 5.78 Å². The SMILES string of the molecule is CC(=O)CC(=O)c1ccc(S(=O)(=O)N(C)C)cc1. The third-order valence-electron chi connectivity index (χ3n) is 2.36. The van der Waals surface area contributed by atoms with E-state index in [1.165, 1.54) is 45.3 Å².